The Balaban J connectivity index is -0.000000980. The number of hydrogen-bond donors (Lipinski definition) is 2. The van der Waals surface area contributed by atoms with E-state index >= 15 is 0 Å². The molecule has 0 rings (SSSR count). The van der Waals surface area contributed by atoms with E-state index in [-0.39, 0.29) is 30.7 Å². The second kappa shape index (κ2) is 15.9. The summed E-state index contributed by atoms with van der Waals surface area (Å²) in [7, 11) is 5.54. The Kier molecular flexibility index (Phi) is 20.7. The fourth-order valence-corrected chi connectivity index (χ4v) is 1.07. The molecule has 0 saturated heterocycles. The molecule has 0 aromatic heterocycles. The van der Waals surface area contributed by atoms with Crippen LogP contribution in [0.3, 0.4) is 0 Å². The number of hydrogen-bond acceptors (Lipinski definition) is 4. The van der Waals surface area contributed by atoms with Crippen LogP contribution in [0.25, 0.3) is 0 Å². The Morgan fingerprint density at radius 2 is 1.88 bits per heavy atom. The molecule has 0 aliphatic carbocycles. The summed E-state index contributed by atoms with van der Waals surface area (Å²) in [6.45, 7) is 3.90. The van der Waals surface area contributed by atoms with E-state index in [1.54, 1.807) is 7.11 Å². The van der Waals surface area contributed by atoms with E-state index in [2.05, 4.69) is 15.5 Å². The Bertz CT molecular complexity index is 174. The Hall–Kier alpha value is -0.0700. The number of nitrogens with one attached hydrogen (secondary N) is 2. The first-order valence-corrected chi connectivity index (χ1v) is 5.29. The van der Waals surface area contributed by atoms with Crippen molar-refractivity contribution in [3.63, 3.8) is 0 Å². The summed E-state index contributed by atoms with van der Waals surface area (Å²) in [6, 6.07) is 0. The van der Waals surface area contributed by atoms with Crippen LogP contribution in [0.2, 0.25) is 0 Å². The molecule has 1 amide bonds. The van der Waals surface area contributed by atoms with Gasteiger partial charge in [0.2, 0.25) is 5.91 Å². The lowest BCUT2D eigenvalue weighted by Crippen LogP contribution is -2.35. The molecule has 0 radical (unpaired) electrons. The molecule has 7 heteroatoms. The molecular formula is C10H25Cl2N3O2. The minimum Gasteiger partial charge on any atom is -0.383 e. The van der Waals surface area contributed by atoms with Crippen molar-refractivity contribution in [1.29, 1.82) is 0 Å². The molecule has 0 aromatic rings. The maximum Gasteiger partial charge on any atom is 0.221 e. The highest BCUT2D eigenvalue weighted by molar-refractivity contribution is 5.85. The largest absolute Gasteiger partial charge is 0.383 e. The maximum atomic E-state index is 11.2. The van der Waals surface area contributed by atoms with Crippen LogP contribution in [0.4, 0.5) is 0 Å². The van der Waals surface area contributed by atoms with Gasteiger partial charge < -0.3 is 20.3 Å². The first-order valence-electron chi connectivity index (χ1n) is 5.29. The number of nitrogens with zero attached hydrogens (tertiary/aromatic N) is 1. The Morgan fingerprint density at radius 1 is 1.24 bits per heavy atom. The smallest absolute Gasteiger partial charge is 0.221 e. The average molecular weight is 290 g/mol. The molecule has 5 nitrogen and oxygen atoms in total. The third-order valence-electron chi connectivity index (χ3n) is 2.09. The van der Waals surface area contributed by atoms with Crippen LogP contribution < -0.4 is 10.6 Å². The average Bonchev–Trinajstić information content (AvgIpc) is 2.23. The minimum atomic E-state index is 0. The molecule has 0 spiro atoms. The fourth-order valence-electron chi connectivity index (χ4n) is 1.07. The number of carbonyl (C=O) groups excluding carboxylic acids is 1. The highest BCUT2D eigenvalue weighted by Crippen LogP contribution is 1.82. The molecule has 0 aliphatic heterocycles. The topological polar surface area (TPSA) is 53.6 Å². The number of carbonyl (C=O) groups is 1. The number of halogens is 2. The zero-order valence-corrected chi connectivity index (χ0v) is 12.5. The van der Waals surface area contributed by atoms with Gasteiger partial charge in [0.15, 0.2) is 0 Å². The molecular weight excluding hydrogens is 265 g/mol. The van der Waals surface area contributed by atoms with Crippen molar-refractivity contribution in [3.05, 3.63) is 0 Å². The lowest BCUT2D eigenvalue weighted by molar-refractivity contribution is -0.121. The minimum absolute atomic E-state index is 0. The summed E-state index contributed by atoms with van der Waals surface area (Å²) < 4.78 is 4.96. The molecule has 0 saturated carbocycles. The third-order valence-corrected chi connectivity index (χ3v) is 2.09. The maximum absolute atomic E-state index is 11.2. The normalized spacial score (nSPS) is 9.41. The van der Waals surface area contributed by atoms with Crippen molar-refractivity contribution in [2.75, 3.05) is 54.0 Å². The standard InChI is InChI=1S/C10H23N3O2.2ClH/c1-11-5-4-10(14)12-6-7-13(2)8-9-15-3;;/h11H,4-9H2,1-3H3,(H,12,14);2*1H. The highest BCUT2D eigenvalue weighted by Gasteiger charge is 2.01. The van der Waals surface area contributed by atoms with Gasteiger partial charge in [-0.2, -0.15) is 0 Å². The van der Waals surface area contributed by atoms with Gasteiger partial charge in [-0.05, 0) is 14.1 Å². The molecule has 0 aliphatic rings. The molecule has 0 aromatic carbocycles. The van der Waals surface area contributed by atoms with Gasteiger partial charge in [-0.15, -0.1) is 24.8 Å². The molecule has 0 fully saturated rings. The molecule has 17 heavy (non-hydrogen) atoms. The third kappa shape index (κ3) is 15.9. The second-order valence-electron chi connectivity index (χ2n) is 3.50. The Labute approximate surface area is 116 Å². The predicted molar refractivity (Wildman–Crippen MR) is 75.4 cm³/mol. The van der Waals surface area contributed by atoms with Gasteiger partial charge in [0.05, 0.1) is 6.61 Å². The molecule has 0 bridgehead atoms. The number of likely N-dealkylation sites (N-methyl/N-ethyl adjacent to an activating group) is 1. The summed E-state index contributed by atoms with van der Waals surface area (Å²) in [6.07, 6.45) is 0.540. The van der Waals surface area contributed by atoms with Gasteiger partial charge in [-0.1, -0.05) is 0 Å². The van der Waals surface area contributed by atoms with E-state index in [9.17, 15) is 4.79 Å². The highest BCUT2D eigenvalue weighted by atomic mass is 35.5. The zero-order valence-electron chi connectivity index (χ0n) is 10.8. The van der Waals surface area contributed by atoms with Gasteiger partial charge in [-0.25, -0.2) is 0 Å². The van der Waals surface area contributed by atoms with Crippen LogP contribution in [0, 0.1) is 0 Å². The summed E-state index contributed by atoms with van der Waals surface area (Å²) >= 11 is 0. The van der Waals surface area contributed by atoms with E-state index in [1.165, 1.54) is 0 Å². The number of methoxy groups -OCH3 is 1. The first kappa shape index (κ1) is 22.1. The van der Waals surface area contributed by atoms with Gasteiger partial charge >= 0.3 is 0 Å². The zero-order chi connectivity index (χ0) is 11.5. The van der Waals surface area contributed by atoms with E-state index in [0.717, 1.165) is 26.2 Å². The lowest BCUT2D eigenvalue weighted by atomic mass is 10.4. The van der Waals surface area contributed by atoms with Crippen molar-refractivity contribution in [3.8, 4) is 0 Å². The van der Waals surface area contributed by atoms with Crippen molar-refractivity contribution in [1.82, 2.24) is 15.5 Å². The van der Waals surface area contributed by atoms with E-state index in [0.29, 0.717) is 13.0 Å². The number of amides is 1. The van der Waals surface area contributed by atoms with E-state index in [1.807, 2.05) is 14.1 Å². The van der Waals surface area contributed by atoms with Crippen LogP contribution in [0.1, 0.15) is 6.42 Å². The fraction of sp³-hybridized carbons (Fsp3) is 0.900. The van der Waals surface area contributed by atoms with Crippen LogP contribution >= 0.6 is 24.8 Å². The van der Waals surface area contributed by atoms with Gasteiger partial charge in [-0.3, -0.25) is 4.79 Å². The predicted octanol–water partition coefficient (Wildman–Crippen LogP) is 0.134. The van der Waals surface area contributed by atoms with Crippen molar-refractivity contribution >= 4 is 30.7 Å². The summed E-state index contributed by atoms with van der Waals surface area (Å²) in [5.74, 6) is 0.101. The molecule has 0 atom stereocenters. The van der Waals surface area contributed by atoms with Crippen molar-refractivity contribution < 1.29 is 9.53 Å². The SMILES string of the molecule is CNCCC(=O)NCCN(C)CCOC.Cl.Cl. The number of rotatable bonds is 9. The van der Waals surface area contributed by atoms with Crippen LogP contribution in [-0.4, -0.2) is 64.8 Å². The summed E-state index contributed by atoms with van der Waals surface area (Å²) in [4.78, 5) is 13.3. The van der Waals surface area contributed by atoms with Crippen LogP contribution in [0.15, 0.2) is 0 Å². The first-order chi connectivity index (χ1) is 7.20. The van der Waals surface area contributed by atoms with Gasteiger partial charge in [0.25, 0.3) is 0 Å². The van der Waals surface area contributed by atoms with Crippen molar-refractivity contribution in [2.24, 2.45) is 0 Å². The van der Waals surface area contributed by atoms with Crippen LogP contribution in [-0.2, 0) is 9.53 Å². The van der Waals surface area contributed by atoms with Crippen LogP contribution in [0.5, 0.6) is 0 Å². The number of ether oxygens (including phenoxy) is 1. The van der Waals surface area contributed by atoms with E-state index < -0.39 is 0 Å². The molecule has 0 heterocycles. The van der Waals surface area contributed by atoms with Gasteiger partial charge in [0.1, 0.15) is 0 Å². The molecule has 2 N–H and O–H groups in total. The van der Waals surface area contributed by atoms with Gasteiger partial charge in [0, 0.05) is 39.7 Å². The molecule has 0 unspecified atom stereocenters. The molecule has 106 valence electrons. The Morgan fingerprint density at radius 3 is 2.41 bits per heavy atom. The quantitative estimate of drug-likeness (QED) is 0.634. The van der Waals surface area contributed by atoms with Crippen molar-refractivity contribution in [2.45, 2.75) is 6.42 Å². The summed E-state index contributed by atoms with van der Waals surface area (Å²) in [5, 5.41) is 5.80. The summed E-state index contributed by atoms with van der Waals surface area (Å²) in [5.41, 5.74) is 0. The lowest BCUT2D eigenvalue weighted by Gasteiger charge is -2.16. The van der Waals surface area contributed by atoms with E-state index in [4.69, 9.17) is 4.74 Å². The second-order valence-corrected chi connectivity index (χ2v) is 3.50. The monoisotopic (exact) mass is 289 g/mol.